The Morgan fingerprint density at radius 2 is 1.57 bits per heavy atom. The molecule has 30 heavy (non-hydrogen) atoms. The normalized spacial score (nSPS) is 49.3. The van der Waals surface area contributed by atoms with Gasteiger partial charge in [-0.05, 0) is 104 Å². The molecule has 174 valence electrons. The van der Waals surface area contributed by atoms with Crippen LogP contribution in [0.4, 0.5) is 13.2 Å². The molecular weight excluding hydrogens is 383 g/mol. The molecule has 8 unspecified atom stereocenters. The summed E-state index contributed by atoms with van der Waals surface area (Å²) in [4.78, 5) is 0. The van der Waals surface area contributed by atoms with Gasteiger partial charge < -0.3 is 5.73 Å². The topological polar surface area (TPSA) is 26.0 Å². The summed E-state index contributed by atoms with van der Waals surface area (Å²) in [5, 5.41) is 0. The van der Waals surface area contributed by atoms with E-state index in [1.807, 2.05) is 0 Å². The molecule has 0 spiro atoms. The maximum atomic E-state index is 13.4. The quantitative estimate of drug-likeness (QED) is 0.490. The summed E-state index contributed by atoms with van der Waals surface area (Å²) in [7, 11) is 0. The molecule has 4 aliphatic carbocycles. The van der Waals surface area contributed by atoms with Crippen LogP contribution in [0.5, 0.6) is 0 Å². The van der Waals surface area contributed by atoms with Crippen molar-refractivity contribution in [2.75, 3.05) is 0 Å². The molecule has 4 rings (SSSR count). The Morgan fingerprint density at radius 3 is 2.20 bits per heavy atom. The monoisotopic (exact) mass is 427 g/mol. The fourth-order valence-electron chi connectivity index (χ4n) is 9.56. The van der Waals surface area contributed by atoms with Gasteiger partial charge in [0.05, 0.1) is 6.42 Å². The molecule has 0 amide bonds. The van der Waals surface area contributed by atoms with Crippen LogP contribution in [0, 0.1) is 45.8 Å². The van der Waals surface area contributed by atoms with Crippen LogP contribution >= 0.6 is 0 Å². The van der Waals surface area contributed by atoms with E-state index in [2.05, 4.69) is 20.8 Å². The van der Waals surface area contributed by atoms with Crippen molar-refractivity contribution in [2.45, 2.75) is 117 Å². The molecular formula is C26H44F3N. The lowest BCUT2D eigenvalue weighted by atomic mass is 9.42. The summed E-state index contributed by atoms with van der Waals surface area (Å²) >= 11 is 0. The summed E-state index contributed by atoms with van der Waals surface area (Å²) in [6, 6.07) is 0. The average Bonchev–Trinajstić information content (AvgIpc) is 2.92. The van der Waals surface area contributed by atoms with Gasteiger partial charge in [0.1, 0.15) is 0 Å². The van der Waals surface area contributed by atoms with Crippen molar-refractivity contribution in [3.05, 3.63) is 0 Å². The van der Waals surface area contributed by atoms with E-state index in [0.717, 1.165) is 37.0 Å². The Kier molecular flexibility index (Phi) is 5.44. The largest absolute Gasteiger partial charge is 0.389 e. The summed E-state index contributed by atoms with van der Waals surface area (Å²) in [5.74, 6) is 3.67. The molecule has 0 saturated heterocycles. The number of rotatable bonds is 3. The number of nitrogens with two attached hydrogens (primary N) is 1. The van der Waals surface area contributed by atoms with E-state index in [9.17, 15) is 13.2 Å². The fraction of sp³-hybridized carbons (Fsp3) is 1.00. The molecule has 8 atom stereocenters. The highest BCUT2D eigenvalue weighted by Crippen LogP contribution is 2.70. The second-order valence-electron chi connectivity index (χ2n) is 12.8. The number of halogens is 3. The highest BCUT2D eigenvalue weighted by atomic mass is 19.4. The van der Waals surface area contributed by atoms with Crippen LogP contribution in [0.3, 0.4) is 0 Å². The van der Waals surface area contributed by atoms with E-state index in [1.165, 1.54) is 44.9 Å². The van der Waals surface area contributed by atoms with Gasteiger partial charge in [-0.2, -0.15) is 13.2 Å². The van der Waals surface area contributed by atoms with Gasteiger partial charge in [0, 0.05) is 5.54 Å². The van der Waals surface area contributed by atoms with Gasteiger partial charge in [-0.3, -0.25) is 0 Å². The van der Waals surface area contributed by atoms with Gasteiger partial charge >= 0.3 is 6.18 Å². The molecule has 0 radical (unpaired) electrons. The molecule has 4 heteroatoms. The minimum Gasteiger partial charge on any atom is -0.324 e. The lowest BCUT2D eigenvalue weighted by molar-refractivity contribution is -0.178. The first kappa shape index (κ1) is 22.9. The van der Waals surface area contributed by atoms with Gasteiger partial charge in [0.15, 0.2) is 0 Å². The summed E-state index contributed by atoms with van der Waals surface area (Å²) < 4.78 is 40.3. The van der Waals surface area contributed by atoms with Crippen LogP contribution in [0.15, 0.2) is 0 Å². The number of fused-ring (bicyclic) bond motifs is 5. The molecule has 0 aromatic heterocycles. The third-order valence-corrected chi connectivity index (χ3v) is 11.5. The SMILES string of the molecule is CCC1CCC2(C)C(CCC3C2CCC2(C)C3CCC2(N)C(C)(C)CC(F)(F)F)C1. The van der Waals surface area contributed by atoms with Crippen molar-refractivity contribution < 1.29 is 13.2 Å². The second-order valence-corrected chi connectivity index (χ2v) is 12.8. The van der Waals surface area contributed by atoms with Crippen LogP contribution < -0.4 is 5.73 Å². The molecule has 0 heterocycles. The number of alkyl halides is 3. The smallest absolute Gasteiger partial charge is 0.324 e. The molecule has 4 saturated carbocycles. The molecule has 0 bridgehead atoms. The van der Waals surface area contributed by atoms with Crippen LogP contribution in [0.2, 0.25) is 0 Å². The lowest BCUT2D eigenvalue weighted by Gasteiger charge is -2.63. The molecule has 0 aromatic carbocycles. The van der Waals surface area contributed by atoms with Gasteiger partial charge in [-0.1, -0.05) is 41.0 Å². The summed E-state index contributed by atoms with van der Waals surface area (Å²) in [6.45, 7) is 10.7. The predicted molar refractivity (Wildman–Crippen MR) is 117 cm³/mol. The zero-order valence-electron chi connectivity index (χ0n) is 19.9. The van der Waals surface area contributed by atoms with Crippen molar-refractivity contribution >= 4 is 0 Å². The average molecular weight is 428 g/mol. The minimum atomic E-state index is -4.16. The van der Waals surface area contributed by atoms with E-state index in [0.29, 0.717) is 17.3 Å². The third kappa shape index (κ3) is 3.20. The highest BCUT2D eigenvalue weighted by molar-refractivity contribution is 5.19. The predicted octanol–water partition coefficient (Wildman–Crippen LogP) is 7.73. The van der Waals surface area contributed by atoms with Crippen LogP contribution in [0.1, 0.15) is 105 Å². The van der Waals surface area contributed by atoms with Crippen molar-refractivity contribution in [1.29, 1.82) is 0 Å². The van der Waals surface area contributed by atoms with Gasteiger partial charge in [-0.15, -0.1) is 0 Å². The van der Waals surface area contributed by atoms with Crippen molar-refractivity contribution in [3.8, 4) is 0 Å². The van der Waals surface area contributed by atoms with E-state index < -0.39 is 23.6 Å². The van der Waals surface area contributed by atoms with Crippen LogP contribution in [0.25, 0.3) is 0 Å². The van der Waals surface area contributed by atoms with Gasteiger partial charge in [0.2, 0.25) is 0 Å². The number of hydrogen-bond acceptors (Lipinski definition) is 1. The Hall–Kier alpha value is -0.250. The lowest BCUT2D eigenvalue weighted by Crippen LogP contribution is -2.65. The zero-order valence-corrected chi connectivity index (χ0v) is 19.9. The Bertz CT molecular complexity index is 657. The Labute approximate surface area is 182 Å². The van der Waals surface area contributed by atoms with Gasteiger partial charge in [0.25, 0.3) is 0 Å². The first-order valence-electron chi connectivity index (χ1n) is 12.6. The van der Waals surface area contributed by atoms with E-state index in [-0.39, 0.29) is 5.41 Å². The summed E-state index contributed by atoms with van der Waals surface area (Å²) in [5.41, 5.74) is 5.66. The first-order chi connectivity index (χ1) is 13.8. The highest BCUT2D eigenvalue weighted by Gasteiger charge is 2.67. The molecule has 0 aromatic rings. The third-order valence-electron chi connectivity index (χ3n) is 11.5. The fourth-order valence-corrected chi connectivity index (χ4v) is 9.56. The summed E-state index contributed by atoms with van der Waals surface area (Å²) in [6.07, 6.45) is 7.05. The zero-order chi connectivity index (χ0) is 22.2. The molecule has 0 aliphatic heterocycles. The molecule has 4 aliphatic rings. The second kappa shape index (κ2) is 7.12. The maximum absolute atomic E-state index is 13.4. The maximum Gasteiger partial charge on any atom is 0.389 e. The molecule has 1 nitrogen and oxygen atoms in total. The Balaban J connectivity index is 1.60. The first-order valence-corrected chi connectivity index (χ1v) is 12.6. The standard InChI is InChI=1S/C26H44F3N/c1-6-17-9-12-23(4)18(15-17)7-8-19-20(23)10-13-24(5)21(19)11-14-25(24,30)22(2,3)16-26(27,28)29/h17-21H,6-16,30H2,1-5H3. The van der Waals surface area contributed by atoms with E-state index >= 15 is 0 Å². The van der Waals surface area contributed by atoms with Crippen LogP contribution in [-0.2, 0) is 0 Å². The van der Waals surface area contributed by atoms with E-state index in [1.54, 1.807) is 13.8 Å². The Morgan fingerprint density at radius 1 is 0.900 bits per heavy atom. The molecule has 4 fully saturated rings. The van der Waals surface area contributed by atoms with Crippen molar-refractivity contribution in [1.82, 2.24) is 0 Å². The minimum absolute atomic E-state index is 0.174. The molecule has 2 N–H and O–H groups in total. The van der Waals surface area contributed by atoms with Gasteiger partial charge in [-0.25, -0.2) is 0 Å². The number of hydrogen-bond donors (Lipinski definition) is 1. The van der Waals surface area contributed by atoms with Crippen molar-refractivity contribution in [3.63, 3.8) is 0 Å². The van der Waals surface area contributed by atoms with Crippen LogP contribution in [-0.4, -0.2) is 11.7 Å². The van der Waals surface area contributed by atoms with Crippen molar-refractivity contribution in [2.24, 2.45) is 51.6 Å². The van der Waals surface area contributed by atoms with E-state index in [4.69, 9.17) is 5.73 Å².